The molecule has 1 fully saturated rings. The Morgan fingerprint density at radius 2 is 1.41 bits per heavy atom. The van der Waals surface area contributed by atoms with E-state index in [0.717, 1.165) is 45.8 Å². The highest BCUT2D eigenvalue weighted by molar-refractivity contribution is 5.79. The minimum atomic E-state index is 0.0401. The molecule has 1 aliphatic heterocycles. The maximum atomic E-state index is 12.7. The Kier molecular flexibility index (Phi) is 10.6. The van der Waals surface area contributed by atoms with Gasteiger partial charge in [0.25, 0.3) is 0 Å². The van der Waals surface area contributed by atoms with E-state index in [1.807, 2.05) is 17.0 Å². The fourth-order valence-electron chi connectivity index (χ4n) is 4.65. The molecule has 0 unspecified atom stereocenters. The number of carbonyl (C=O) groups excluding carboxylic acids is 2. The highest BCUT2D eigenvalue weighted by Crippen LogP contribution is 2.29. The van der Waals surface area contributed by atoms with Crippen molar-refractivity contribution in [2.24, 2.45) is 0 Å². The third kappa shape index (κ3) is 7.67. The van der Waals surface area contributed by atoms with Gasteiger partial charge in [0.2, 0.25) is 11.8 Å². The van der Waals surface area contributed by atoms with Crippen molar-refractivity contribution in [1.29, 1.82) is 0 Å². The summed E-state index contributed by atoms with van der Waals surface area (Å²) < 4.78 is 0. The molecule has 34 heavy (non-hydrogen) atoms. The Hall–Kier alpha value is -2.70. The van der Waals surface area contributed by atoms with Crippen LogP contribution in [0.5, 0.6) is 0 Å². The fourth-order valence-corrected chi connectivity index (χ4v) is 4.65. The van der Waals surface area contributed by atoms with Gasteiger partial charge in [-0.2, -0.15) is 0 Å². The number of hydrogen-bond donors (Lipinski definition) is 1. The second-order valence-corrected chi connectivity index (χ2v) is 8.87. The Morgan fingerprint density at radius 3 is 1.94 bits per heavy atom. The van der Waals surface area contributed by atoms with Crippen LogP contribution in [0.15, 0.2) is 60.7 Å². The summed E-state index contributed by atoms with van der Waals surface area (Å²) in [6.45, 7) is 10.9. The second-order valence-electron chi connectivity index (χ2n) is 8.87. The van der Waals surface area contributed by atoms with Gasteiger partial charge in [-0.05, 0) is 30.6 Å². The summed E-state index contributed by atoms with van der Waals surface area (Å²) in [4.78, 5) is 31.5. The molecule has 2 aromatic carbocycles. The Bertz CT molecular complexity index is 823. The van der Waals surface area contributed by atoms with Gasteiger partial charge < -0.3 is 15.1 Å². The number of carbonyl (C=O) groups is 2. The quantitative estimate of drug-likeness (QED) is 0.522. The van der Waals surface area contributed by atoms with Crippen LogP contribution < -0.4 is 5.32 Å². The average Bonchev–Trinajstić information content (AvgIpc) is 2.88. The van der Waals surface area contributed by atoms with Gasteiger partial charge in [-0.3, -0.25) is 14.5 Å². The molecule has 0 radical (unpaired) electrons. The van der Waals surface area contributed by atoms with E-state index in [4.69, 9.17) is 0 Å². The minimum Gasteiger partial charge on any atom is -0.355 e. The van der Waals surface area contributed by atoms with E-state index in [9.17, 15) is 9.59 Å². The van der Waals surface area contributed by atoms with Crippen LogP contribution in [0.1, 0.15) is 50.3 Å². The lowest BCUT2D eigenvalue weighted by molar-refractivity contribution is -0.133. The summed E-state index contributed by atoms with van der Waals surface area (Å²) in [6.07, 6.45) is 1.45. The van der Waals surface area contributed by atoms with E-state index in [1.165, 1.54) is 11.1 Å². The van der Waals surface area contributed by atoms with Crippen LogP contribution in [0.2, 0.25) is 0 Å². The van der Waals surface area contributed by atoms with Crippen LogP contribution in [0.3, 0.4) is 0 Å². The molecule has 3 rings (SSSR count). The predicted octanol–water partition coefficient (Wildman–Crippen LogP) is 3.55. The first-order valence-electron chi connectivity index (χ1n) is 12.7. The van der Waals surface area contributed by atoms with E-state index in [0.29, 0.717) is 25.8 Å². The van der Waals surface area contributed by atoms with Gasteiger partial charge in [-0.25, -0.2) is 0 Å². The van der Waals surface area contributed by atoms with Gasteiger partial charge in [-0.1, -0.05) is 74.5 Å². The largest absolute Gasteiger partial charge is 0.355 e. The van der Waals surface area contributed by atoms with Crippen molar-refractivity contribution in [3.05, 3.63) is 71.8 Å². The van der Waals surface area contributed by atoms with Gasteiger partial charge in [0, 0.05) is 52.1 Å². The number of amides is 2. The molecule has 1 saturated heterocycles. The van der Waals surface area contributed by atoms with Crippen LogP contribution in [-0.2, 0) is 9.59 Å². The lowest BCUT2D eigenvalue weighted by atomic mass is 9.96. The van der Waals surface area contributed by atoms with Gasteiger partial charge >= 0.3 is 0 Å². The summed E-state index contributed by atoms with van der Waals surface area (Å²) in [5, 5.41) is 2.97. The molecule has 0 aromatic heterocycles. The fraction of sp³-hybridized carbons (Fsp3) is 0.500. The third-order valence-corrected chi connectivity index (χ3v) is 6.70. The lowest BCUT2D eigenvalue weighted by Gasteiger charge is -2.40. The van der Waals surface area contributed by atoms with Crippen LogP contribution in [-0.4, -0.2) is 78.9 Å². The van der Waals surface area contributed by atoms with E-state index >= 15 is 0 Å². The molecule has 0 bridgehead atoms. The summed E-state index contributed by atoms with van der Waals surface area (Å²) in [6, 6.07) is 21.4. The number of nitrogens with one attached hydrogen (secondary N) is 1. The Morgan fingerprint density at radius 1 is 0.853 bits per heavy atom. The molecule has 0 atom stereocenters. The van der Waals surface area contributed by atoms with Crippen molar-refractivity contribution < 1.29 is 9.59 Å². The molecule has 6 heteroatoms. The normalized spacial score (nSPS) is 14.5. The van der Waals surface area contributed by atoms with E-state index in [1.54, 1.807) is 0 Å². The number of hydrogen-bond acceptors (Lipinski definition) is 4. The van der Waals surface area contributed by atoms with E-state index in [-0.39, 0.29) is 17.9 Å². The van der Waals surface area contributed by atoms with E-state index in [2.05, 4.69) is 77.5 Å². The Balaban J connectivity index is 1.43. The van der Waals surface area contributed by atoms with Gasteiger partial charge in [0.05, 0.1) is 6.04 Å². The molecule has 1 heterocycles. The molecule has 184 valence electrons. The van der Waals surface area contributed by atoms with Crippen molar-refractivity contribution in [1.82, 2.24) is 20.0 Å². The van der Waals surface area contributed by atoms with Crippen molar-refractivity contribution >= 4 is 11.8 Å². The van der Waals surface area contributed by atoms with Crippen LogP contribution >= 0.6 is 0 Å². The monoisotopic (exact) mass is 464 g/mol. The van der Waals surface area contributed by atoms with Crippen LogP contribution in [0.25, 0.3) is 0 Å². The molecular formula is C28H40N4O2. The molecule has 0 aliphatic carbocycles. The highest BCUT2D eigenvalue weighted by Gasteiger charge is 2.27. The summed E-state index contributed by atoms with van der Waals surface area (Å²) in [5.41, 5.74) is 2.56. The summed E-state index contributed by atoms with van der Waals surface area (Å²) in [7, 11) is 0. The number of likely N-dealkylation sites (N-methyl/N-ethyl adjacent to an activating group) is 1. The molecule has 0 spiro atoms. The van der Waals surface area contributed by atoms with Crippen molar-refractivity contribution in [2.75, 3.05) is 52.4 Å². The first kappa shape index (κ1) is 25.9. The number of rotatable bonds is 12. The highest BCUT2D eigenvalue weighted by atomic mass is 16.2. The van der Waals surface area contributed by atoms with Crippen LogP contribution in [0, 0.1) is 0 Å². The summed E-state index contributed by atoms with van der Waals surface area (Å²) >= 11 is 0. The molecule has 2 amide bonds. The molecule has 2 aromatic rings. The molecule has 0 saturated carbocycles. The Labute approximate surface area is 204 Å². The first-order valence-corrected chi connectivity index (χ1v) is 12.7. The second kappa shape index (κ2) is 13.9. The lowest BCUT2D eigenvalue weighted by Crippen LogP contribution is -2.49. The SMILES string of the molecule is CCN(CC)CCNC(=O)CCCC(=O)N1CCN(C(c2ccccc2)c2ccccc2)CC1. The molecule has 1 aliphatic rings. The van der Waals surface area contributed by atoms with Gasteiger partial charge in [-0.15, -0.1) is 0 Å². The zero-order valence-electron chi connectivity index (χ0n) is 20.8. The molecule has 1 N–H and O–H groups in total. The minimum absolute atomic E-state index is 0.0401. The standard InChI is InChI=1S/C28H40N4O2/c1-3-30(4-2)19-18-29-26(33)16-11-17-27(34)31-20-22-32(23-21-31)28(24-12-7-5-8-13-24)25-14-9-6-10-15-25/h5-10,12-15,28H,3-4,11,16-23H2,1-2H3,(H,29,33). The maximum absolute atomic E-state index is 12.7. The van der Waals surface area contributed by atoms with Gasteiger partial charge in [0.1, 0.15) is 0 Å². The number of nitrogens with zero attached hydrogens (tertiary/aromatic N) is 3. The zero-order chi connectivity index (χ0) is 24.2. The maximum Gasteiger partial charge on any atom is 0.222 e. The zero-order valence-corrected chi connectivity index (χ0v) is 20.8. The van der Waals surface area contributed by atoms with Crippen molar-refractivity contribution in [3.8, 4) is 0 Å². The smallest absolute Gasteiger partial charge is 0.222 e. The van der Waals surface area contributed by atoms with E-state index < -0.39 is 0 Å². The summed E-state index contributed by atoms with van der Waals surface area (Å²) in [5.74, 6) is 0.199. The molecule has 6 nitrogen and oxygen atoms in total. The van der Waals surface area contributed by atoms with Crippen LogP contribution in [0.4, 0.5) is 0 Å². The van der Waals surface area contributed by atoms with Gasteiger partial charge in [0.15, 0.2) is 0 Å². The van der Waals surface area contributed by atoms with Crippen molar-refractivity contribution in [2.45, 2.75) is 39.2 Å². The van der Waals surface area contributed by atoms with Crippen molar-refractivity contribution in [3.63, 3.8) is 0 Å². The first-order chi connectivity index (χ1) is 16.6. The number of benzene rings is 2. The number of piperazine rings is 1. The predicted molar refractivity (Wildman–Crippen MR) is 138 cm³/mol. The average molecular weight is 465 g/mol. The third-order valence-electron chi connectivity index (χ3n) is 6.70. The molecular weight excluding hydrogens is 424 g/mol. The topological polar surface area (TPSA) is 55.9 Å².